The van der Waals surface area contributed by atoms with Gasteiger partial charge in [-0.2, -0.15) is 13.2 Å². The summed E-state index contributed by atoms with van der Waals surface area (Å²) in [6.07, 6.45) is 1.44. The molecule has 2 nitrogen and oxygen atoms in total. The van der Waals surface area contributed by atoms with Crippen LogP contribution in [0.25, 0.3) is 0 Å². The van der Waals surface area contributed by atoms with Gasteiger partial charge in [0.05, 0.1) is 0 Å². The largest absolute Gasteiger partial charge is 0.413 e. The van der Waals surface area contributed by atoms with E-state index in [4.69, 9.17) is 8.85 Å². The molecule has 0 aliphatic heterocycles. The number of hydrogen-bond acceptors (Lipinski definition) is 2. The molecule has 1 unspecified atom stereocenters. The maximum Gasteiger partial charge on any atom is 0.413 e. The summed E-state index contributed by atoms with van der Waals surface area (Å²) in [4.78, 5) is 0. The fraction of sp³-hybridized carbons (Fsp3) is 0.500. The van der Waals surface area contributed by atoms with Crippen LogP contribution in [0.1, 0.15) is 58.8 Å². The van der Waals surface area contributed by atoms with E-state index < -0.39 is 20.8 Å². The molecule has 0 fully saturated rings. The zero-order chi connectivity index (χ0) is 21.9. The molecular formula is C24H33F3O2Si. The second-order valence-corrected chi connectivity index (χ2v) is 10.5. The van der Waals surface area contributed by atoms with Gasteiger partial charge in [-0.3, -0.25) is 0 Å². The average molecular weight is 439 g/mol. The van der Waals surface area contributed by atoms with Gasteiger partial charge in [-0.05, 0) is 23.7 Å². The Labute approximate surface area is 179 Å². The fourth-order valence-corrected chi connectivity index (χ4v) is 6.74. The van der Waals surface area contributed by atoms with Crippen molar-refractivity contribution in [2.24, 2.45) is 0 Å². The van der Waals surface area contributed by atoms with Crippen molar-refractivity contribution in [3.63, 3.8) is 0 Å². The van der Waals surface area contributed by atoms with E-state index in [2.05, 4.69) is 6.92 Å². The first-order chi connectivity index (χ1) is 14.4. The standard InChI is InChI=1S/C24H33F3O2Si/c1-3-4-5-6-7-8-15-20-28-30(22-16-11-9-12-17-22,23-18-13-10-14-19-23)29-21(2)24(25,26)27/h9-14,16-19,21H,3-8,15,20H2,1-2H3. The van der Waals surface area contributed by atoms with Gasteiger partial charge in [0.25, 0.3) is 0 Å². The fourth-order valence-electron chi connectivity index (χ4n) is 3.41. The van der Waals surface area contributed by atoms with Gasteiger partial charge in [0.2, 0.25) is 0 Å². The normalized spacial score (nSPS) is 13.4. The molecule has 1 atom stereocenters. The highest BCUT2D eigenvalue weighted by molar-refractivity contribution is 6.92. The topological polar surface area (TPSA) is 18.5 Å². The van der Waals surface area contributed by atoms with E-state index in [-0.39, 0.29) is 0 Å². The summed E-state index contributed by atoms with van der Waals surface area (Å²) in [7, 11) is -3.52. The number of unbranched alkanes of at least 4 members (excludes halogenated alkanes) is 6. The molecule has 2 aromatic carbocycles. The third-order valence-electron chi connectivity index (χ3n) is 5.16. The Kier molecular flexibility index (Phi) is 10.1. The van der Waals surface area contributed by atoms with Crippen LogP contribution in [0.2, 0.25) is 0 Å². The monoisotopic (exact) mass is 438 g/mol. The summed E-state index contributed by atoms with van der Waals surface area (Å²) in [5.74, 6) is 0. The highest BCUT2D eigenvalue weighted by atomic mass is 28.4. The summed E-state index contributed by atoms with van der Waals surface area (Å²) in [6, 6.07) is 18.2. The zero-order valence-electron chi connectivity index (χ0n) is 18.0. The van der Waals surface area contributed by atoms with Crippen LogP contribution in [0.4, 0.5) is 13.2 Å². The molecule has 0 N–H and O–H groups in total. The van der Waals surface area contributed by atoms with Crippen LogP contribution in [0.3, 0.4) is 0 Å². The first-order valence-corrected chi connectivity index (χ1v) is 12.7. The Balaban J connectivity index is 2.21. The molecular weight excluding hydrogens is 405 g/mol. The molecule has 0 aliphatic carbocycles. The van der Waals surface area contributed by atoms with Gasteiger partial charge >= 0.3 is 14.7 Å². The number of rotatable bonds is 13. The van der Waals surface area contributed by atoms with Crippen molar-refractivity contribution in [3.05, 3.63) is 60.7 Å². The molecule has 6 heteroatoms. The minimum absolute atomic E-state index is 0.383. The van der Waals surface area contributed by atoms with Crippen molar-refractivity contribution < 1.29 is 22.0 Å². The molecule has 0 saturated carbocycles. The molecule has 0 bridgehead atoms. The van der Waals surface area contributed by atoms with Crippen molar-refractivity contribution in [2.45, 2.75) is 71.1 Å². The SMILES string of the molecule is CCCCCCCCCO[Si](OC(C)C(F)(F)F)(c1ccccc1)c1ccccc1. The maximum absolute atomic E-state index is 13.4. The molecule has 2 aromatic rings. The number of alkyl halides is 3. The molecule has 0 amide bonds. The van der Waals surface area contributed by atoms with Gasteiger partial charge in [0, 0.05) is 6.61 Å². The Morgan fingerprint density at radius 2 is 1.23 bits per heavy atom. The summed E-state index contributed by atoms with van der Waals surface area (Å²) in [5.41, 5.74) is 0. The third kappa shape index (κ3) is 7.25. The van der Waals surface area contributed by atoms with Gasteiger partial charge < -0.3 is 8.85 Å². The predicted molar refractivity (Wildman–Crippen MR) is 118 cm³/mol. The lowest BCUT2D eigenvalue weighted by Crippen LogP contribution is -2.65. The highest BCUT2D eigenvalue weighted by Gasteiger charge is 2.49. The van der Waals surface area contributed by atoms with Crippen LogP contribution in [-0.4, -0.2) is 27.4 Å². The number of benzene rings is 2. The van der Waals surface area contributed by atoms with Crippen molar-refractivity contribution in [1.29, 1.82) is 0 Å². The summed E-state index contributed by atoms with van der Waals surface area (Å²) < 4.78 is 52.5. The van der Waals surface area contributed by atoms with Crippen LogP contribution in [-0.2, 0) is 8.85 Å². The van der Waals surface area contributed by atoms with Crippen molar-refractivity contribution in [1.82, 2.24) is 0 Å². The molecule has 166 valence electrons. The Hall–Kier alpha value is -1.63. The predicted octanol–water partition coefficient (Wildman–Crippen LogP) is 5.98. The second-order valence-electron chi connectivity index (χ2n) is 7.62. The molecule has 0 spiro atoms. The third-order valence-corrected chi connectivity index (χ3v) is 8.65. The minimum atomic E-state index is -4.45. The zero-order valence-corrected chi connectivity index (χ0v) is 19.0. The first-order valence-electron chi connectivity index (χ1n) is 10.9. The summed E-state index contributed by atoms with van der Waals surface area (Å²) in [5, 5.41) is 1.38. The van der Waals surface area contributed by atoms with Crippen LogP contribution in [0.5, 0.6) is 0 Å². The van der Waals surface area contributed by atoms with Crippen molar-refractivity contribution >= 4 is 18.9 Å². The molecule has 30 heavy (non-hydrogen) atoms. The van der Waals surface area contributed by atoms with Crippen LogP contribution in [0.15, 0.2) is 60.7 Å². The van der Waals surface area contributed by atoms with Crippen LogP contribution >= 0.6 is 0 Å². The molecule has 0 aromatic heterocycles. The van der Waals surface area contributed by atoms with E-state index in [9.17, 15) is 13.2 Å². The quantitative estimate of drug-likeness (QED) is 0.283. The van der Waals surface area contributed by atoms with Gasteiger partial charge in [-0.1, -0.05) is 106 Å². The lowest BCUT2D eigenvalue weighted by molar-refractivity contribution is -0.194. The van der Waals surface area contributed by atoms with E-state index in [1.165, 1.54) is 25.7 Å². The molecule has 0 saturated heterocycles. The van der Waals surface area contributed by atoms with Crippen LogP contribution < -0.4 is 10.4 Å². The second kappa shape index (κ2) is 12.3. The highest BCUT2D eigenvalue weighted by Crippen LogP contribution is 2.26. The summed E-state index contributed by atoms with van der Waals surface area (Å²) in [6.45, 7) is 3.63. The summed E-state index contributed by atoms with van der Waals surface area (Å²) >= 11 is 0. The van der Waals surface area contributed by atoms with Gasteiger partial charge in [-0.15, -0.1) is 0 Å². The van der Waals surface area contributed by atoms with Crippen molar-refractivity contribution in [3.8, 4) is 0 Å². The number of halogens is 3. The van der Waals surface area contributed by atoms with Crippen LogP contribution in [0, 0.1) is 0 Å². The molecule has 0 heterocycles. The van der Waals surface area contributed by atoms with Crippen molar-refractivity contribution in [2.75, 3.05) is 6.61 Å². The lowest BCUT2D eigenvalue weighted by Gasteiger charge is -2.34. The Bertz CT molecular complexity index is 668. The van der Waals surface area contributed by atoms with E-state index in [1.54, 1.807) is 0 Å². The lowest BCUT2D eigenvalue weighted by atomic mass is 10.1. The minimum Gasteiger partial charge on any atom is -0.388 e. The van der Waals surface area contributed by atoms with Gasteiger partial charge in [0.1, 0.15) is 6.10 Å². The molecule has 0 radical (unpaired) electrons. The van der Waals surface area contributed by atoms with E-state index in [0.29, 0.717) is 17.0 Å². The maximum atomic E-state index is 13.4. The Morgan fingerprint density at radius 3 is 1.70 bits per heavy atom. The van der Waals surface area contributed by atoms with E-state index in [0.717, 1.165) is 26.2 Å². The molecule has 0 aliphatic rings. The average Bonchev–Trinajstić information content (AvgIpc) is 2.75. The Morgan fingerprint density at radius 1 is 0.767 bits per heavy atom. The van der Waals surface area contributed by atoms with E-state index >= 15 is 0 Å². The van der Waals surface area contributed by atoms with E-state index in [1.807, 2.05) is 60.7 Å². The first kappa shape index (κ1) is 24.6. The van der Waals surface area contributed by atoms with Gasteiger partial charge in [0.15, 0.2) is 0 Å². The van der Waals surface area contributed by atoms with Gasteiger partial charge in [-0.25, -0.2) is 0 Å². The number of hydrogen-bond donors (Lipinski definition) is 0. The smallest absolute Gasteiger partial charge is 0.388 e. The molecule has 2 rings (SSSR count).